The first-order valence-corrected chi connectivity index (χ1v) is 10.8. The van der Waals surface area contributed by atoms with Crippen molar-refractivity contribution < 1.29 is 23.8 Å². The SMILES string of the molecule is COc1ccc(-c2nc(C)c(C(=O)OC(C)C(=O)Nc3c(C)cccc3C)s2)cc1OC. The fraction of sp³-hybridized carbons (Fsp3) is 0.292. The van der Waals surface area contributed by atoms with Gasteiger partial charge in [-0.3, -0.25) is 4.79 Å². The van der Waals surface area contributed by atoms with Crippen LogP contribution in [0.1, 0.15) is 33.4 Å². The minimum atomic E-state index is -0.965. The third-order valence-electron chi connectivity index (χ3n) is 4.99. The van der Waals surface area contributed by atoms with Crippen molar-refractivity contribution in [3.63, 3.8) is 0 Å². The minimum absolute atomic E-state index is 0.349. The van der Waals surface area contributed by atoms with E-state index in [1.807, 2.05) is 38.1 Å². The normalized spacial score (nSPS) is 11.6. The number of aryl methyl sites for hydroxylation is 3. The molecule has 1 heterocycles. The number of amides is 1. The van der Waals surface area contributed by atoms with Gasteiger partial charge in [-0.05, 0) is 57.0 Å². The maximum Gasteiger partial charge on any atom is 0.351 e. The van der Waals surface area contributed by atoms with Crippen molar-refractivity contribution in [3.05, 3.63) is 58.1 Å². The van der Waals surface area contributed by atoms with Gasteiger partial charge in [-0.2, -0.15) is 0 Å². The summed E-state index contributed by atoms with van der Waals surface area (Å²) in [5, 5.41) is 3.49. The van der Waals surface area contributed by atoms with Gasteiger partial charge < -0.3 is 19.5 Å². The first-order chi connectivity index (χ1) is 15.2. The molecule has 0 bridgehead atoms. The van der Waals surface area contributed by atoms with Gasteiger partial charge in [0.05, 0.1) is 19.9 Å². The average molecular weight is 455 g/mol. The number of methoxy groups -OCH3 is 2. The Balaban J connectivity index is 1.74. The Kier molecular flexibility index (Phi) is 7.15. The second kappa shape index (κ2) is 9.82. The van der Waals surface area contributed by atoms with Crippen LogP contribution in [0.25, 0.3) is 10.6 Å². The molecule has 1 unspecified atom stereocenters. The monoisotopic (exact) mass is 454 g/mol. The van der Waals surface area contributed by atoms with Crippen molar-refractivity contribution in [1.29, 1.82) is 0 Å². The third-order valence-corrected chi connectivity index (χ3v) is 6.18. The quantitative estimate of drug-likeness (QED) is 0.509. The predicted molar refractivity (Wildman–Crippen MR) is 125 cm³/mol. The lowest BCUT2D eigenvalue weighted by Gasteiger charge is -2.16. The lowest BCUT2D eigenvalue weighted by atomic mass is 10.1. The number of carbonyl (C=O) groups excluding carboxylic acids is 2. The highest BCUT2D eigenvalue weighted by molar-refractivity contribution is 7.17. The Bertz CT molecular complexity index is 1140. The fourth-order valence-corrected chi connectivity index (χ4v) is 4.13. The Hall–Kier alpha value is -3.39. The molecule has 0 aliphatic rings. The van der Waals surface area contributed by atoms with Crippen molar-refractivity contribution >= 4 is 28.9 Å². The van der Waals surface area contributed by atoms with E-state index in [1.54, 1.807) is 40.2 Å². The van der Waals surface area contributed by atoms with Gasteiger partial charge in [0.2, 0.25) is 0 Å². The number of rotatable bonds is 7. The van der Waals surface area contributed by atoms with Crippen LogP contribution in [-0.4, -0.2) is 37.2 Å². The molecule has 2 aromatic carbocycles. The molecule has 1 N–H and O–H groups in total. The number of nitrogens with one attached hydrogen (secondary N) is 1. The minimum Gasteiger partial charge on any atom is -0.493 e. The van der Waals surface area contributed by atoms with Gasteiger partial charge in [-0.15, -0.1) is 11.3 Å². The highest BCUT2D eigenvalue weighted by Gasteiger charge is 2.24. The standard InChI is InChI=1S/C24H26N2O5S/c1-13-8-7-9-14(2)20(13)26-22(27)16(4)31-24(28)21-15(3)25-23(32-21)17-10-11-18(29-5)19(12-17)30-6/h7-12,16H,1-6H3,(H,26,27). The zero-order valence-corrected chi connectivity index (χ0v) is 19.8. The molecule has 1 amide bonds. The zero-order chi connectivity index (χ0) is 23.4. The number of aromatic nitrogens is 1. The van der Waals surface area contributed by atoms with E-state index in [4.69, 9.17) is 14.2 Å². The molecule has 1 aromatic heterocycles. The number of benzene rings is 2. The molecular weight excluding hydrogens is 428 g/mol. The molecular formula is C24H26N2O5S. The van der Waals surface area contributed by atoms with Gasteiger partial charge >= 0.3 is 5.97 Å². The van der Waals surface area contributed by atoms with E-state index in [0.717, 1.165) is 22.4 Å². The Morgan fingerprint density at radius 3 is 2.28 bits per heavy atom. The predicted octanol–water partition coefficient (Wildman–Crippen LogP) is 4.94. The van der Waals surface area contributed by atoms with Gasteiger partial charge in [0.15, 0.2) is 17.6 Å². The van der Waals surface area contributed by atoms with E-state index in [2.05, 4.69) is 10.3 Å². The number of para-hydroxylation sites is 1. The van der Waals surface area contributed by atoms with Gasteiger partial charge in [-0.25, -0.2) is 9.78 Å². The number of anilines is 1. The van der Waals surface area contributed by atoms with Crippen molar-refractivity contribution in [2.75, 3.05) is 19.5 Å². The van der Waals surface area contributed by atoms with Gasteiger partial charge in [0.25, 0.3) is 5.91 Å². The van der Waals surface area contributed by atoms with E-state index in [9.17, 15) is 9.59 Å². The lowest BCUT2D eigenvalue weighted by Crippen LogP contribution is -2.30. The fourth-order valence-electron chi connectivity index (χ4n) is 3.18. The zero-order valence-electron chi connectivity index (χ0n) is 18.9. The van der Waals surface area contributed by atoms with Crippen LogP contribution >= 0.6 is 11.3 Å². The van der Waals surface area contributed by atoms with Gasteiger partial charge in [0, 0.05) is 11.3 Å². The first kappa shape index (κ1) is 23.3. The van der Waals surface area contributed by atoms with Crippen LogP contribution in [0.5, 0.6) is 11.5 Å². The van der Waals surface area contributed by atoms with Crippen LogP contribution in [0.3, 0.4) is 0 Å². The van der Waals surface area contributed by atoms with Crippen LogP contribution in [-0.2, 0) is 9.53 Å². The van der Waals surface area contributed by atoms with Crippen LogP contribution in [0, 0.1) is 20.8 Å². The number of thiazole rings is 1. The highest BCUT2D eigenvalue weighted by Crippen LogP contribution is 2.35. The summed E-state index contributed by atoms with van der Waals surface area (Å²) in [7, 11) is 3.12. The molecule has 0 saturated carbocycles. The number of ether oxygens (including phenoxy) is 3. The number of hydrogen-bond acceptors (Lipinski definition) is 7. The second-order valence-corrected chi connectivity index (χ2v) is 8.31. The van der Waals surface area contributed by atoms with E-state index >= 15 is 0 Å². The number of esters is 1. The molecule has 0 radical (unpaired) electrons. The second-order valence-electron chi connectivity index (χ2n) is 7.31. The van der Waals surface area contributed by atoms with E-state index in [1.165, 1.54) is 11.3 Å². The molecule has 0 fully saturated rings. The maximum absolute atomic E-state index is 12.8. The first-order valence-electron chi connectivity index (χ1n) is 10.0. The highest BCUT2D eigenvalue weighted by atomic mass is 32.1. The van der Waals surface area contributed by atoms with Crippen molar-refractivity contribution in [1.82, 2.24) is 4.98 Å². The van der Waals surface area contributed by atoms with Crippen molar-refractivity contribution in [2.45, 2.75) is 33.8 Å². The summed E-state index contributed by atoms with van der Waals surface area (Å²) in [5.41, 5.74) is 3.93. The maximum atomic E-state index is 12.8. The van der Waals surface area contributed by atoms with Crippen LogP contribution in [0.4, 0.5) is 5.69 Å². The van der Waals surface area contributed by atoms with E-state index in [0.29, 0.717) is 27.1 Å². The summed E-state index contributed by atoms with van der Waals surface area (Å²) in [6, 6.07) is 11.2. The summed E-state index contributed by atoms with van der Waals surface area (Å²) >= 11 is 1.20. The molecule has 3 rings (SSSR count). The molecule has 168 valence electrons. The largest absolute Gasteiger partial charge is 0.493 e. The average Bonchev–Trinajstić information content (AvgIpc) is 3.17. The van der Waals surface area contributed by atoms with Gasteiger partial charge in [-0.1, -0.05) is 18.2 Å². The topological polar surface area (TPSA) is 86.8 Å². The Labute approximate surface area is 191 Å². The molecule has 0 aliphatic carbocycles. The number of nitrogens with zero attached hydrogens (tertiary/aromatic N) is 1. The lowest BCUT2D eigenvalue weighted by molar-refractivity contribution is -0.123. The Morgan fingerprint density at radius 2 is 1.66 bits per heavy atom. The van der Waals surface area contributed by atoms with E-state index < -0.39 is 18.0 Å². The van der Waals surface area contributed by atoms with Gasteiger partial charge in [0.1, 0.15) is 9.88 Å². The molecule has 3 aromatic rings. The molecule has 0 aliphatic heterocycles. The molecule has 32 heavy (non-hydrogen) atoms. The number of hydrogen-bond donors (Lipinski definition) is 1. The summed E-state index contributed by atoms with van der Waals surface area (Å²) in [6.45, 7) is 7.11. The molecule has 1 atom stereocenters. The summed E-state index contributed by atoms with van der Waals surface area (Å²) in [6.07, 6.45) is -0.965. The van der Waals surface area contributed by atoms with Crippen LogP contribution in [0.15, 0.2) is 36.4 Å². The molecule has 8 heteroatoms. The molecule has 0 spiro atoms. The smallest absolute Gasteiger partial charge is 0.351 e. The summed E-state index contributed by atoms with van der Waals surface area (Å²) in [4.78, 5) is 30.2. The van der Waals surface area contributed by atoms with Crippen LogP contribution < -0.4 is 14.8 Å². The molecule has 0 saturated heterocycles. The Morgan fingerprint density at radius 1 is 1.00 bits per heavy atom. The van der Waals surface area contributed by atoms with Crippen LogP contribution in [0.2, 0.25) is 0 Å². The van der Waals surface area contributed by atoms with Crippen molar-refractivity contribution in [3.8, 4) is 22.1 Å². The summed E-state index contributed by atoms with van der Waals surface area (Å²) < 4.78 is 16.0. The number of carbonyl (C=O) groups is 2. The van der Waals surface area contributed by atoms with Crippen molar-refractivity contribution in [2.24, 2.45) is 0 Å². The third kappa shape index (κ3) is 4.91. The summed E-state index contributed by atoms with van der Waals surface area (Å²) in [5.74, 6) is 0.195. The molecule has 7 nitrogen and oxygen atoms in total. The van der Waals surface area contributed by atoms with E-state index in [-0.39, 0.29) is 0 Å².